The normalized spacial score (nSPS) is 33.2. The summed E-state index contributed by atoms with van der Waals surface area (Å²) in [5, 5.41) is 3.26. The summed E-state index contributed by atoms with van der Waals surface area (Å²) in [6.45, 7) is 3.72. The molecule has 0 radical (unpaired) electrons. The first kappa shape index (κ1) is 13.3. The first-order valence-electron chi connectivity index (χ1n) is 6.92. The van der Waals surface area contributed by atoms with Crippen LogP contribution in [0.1, 0.15) is 39.0 Å². The van der Waals surface area contributed by atoms with Gasteiger partial charge in [0, 0.05) is 6.54 Å². The number of hydrogen-bond donors (Lipinski definition) is 2. The fourth-order valence-electron chi connectivity index (χ4n) is 2.99. The first-order valence-corrected chi connectivity index (χ1v) is 6.92. The topological polar surface area (TPSA) is 75.4 Å². The van der Waals surface area contributed by atoms with E-state index in [1.54, 1.807) is 4.90 Å². The van der Waals surface area contributed by atoms with Gasteiger partial charge in [-0.3, -0.25) is 9.59 Å². The van der Waals surface area contributed by atoms with Crippen LogP contribution in [-0.2, 0) is 9.59 Å². The number of hydrogen-bond acceptors (Lipinski definition) is 3. The molecule has 3 N–H and O–H groups in total. The quantitative estimate of drug-likeness (QED) is 0.740. The summed E-state index contributed by atoms with van der Waals surface area (Å²) in [6, 6.07) is -0.529. The molecule has 2 aliphatic rings. The van der Waals surface area contributed by atoms with Crippen LogP contribution in [0.4, 0.5) is 0 Å². The highest BCUT2D eigenvalue weighted by molar-refractivity contribution is 5.89. The predicted octanol–water partition coefficient (Wildman–Crippen LogP) is 0.241. The van der Waals surface area contributed by atoms with Crippen molar-refractivity contribution < 1.29 is 9.59 Å². The summed E-state index contributed by atoms with van der Waals surface area (Å²) in [5.41, 5.74) is 5.40. The molecule has 5 nitrogen and oxygen atoms in total. The molecule has 3 atom stereocenters. The lowest BCUT2D eigenvalue weighted by atomic mass is 9.92. The number of primary amides is 1. The average Bonchev–Trinajstić information content (AvgIpc) is 2.38. The fourth-order valence-corrected chi connectivity index (χ4v) is 2.99. The van der Waals surface area contributed by atoms with Crippen LogP contribution < -0.4 is 11.1 Å². The molecule has 2 rings (SSSR count). The van der Waals surface area contributed by atoms with Crippen molar-refractivity contribution in [3.63, 3.8) is 0 Å². The van der Waals surface area contributed by atoms with E-state index < -0.39 is 6.04 Å². The van der Waals surface area contributed by atoms with E-state index in [9.17, 15) is 9.59 Å². The Balaban J connectivity index is 2.03. The van der Waals surface area contributed by atoms with Crippen molar-refractivity contribution in [2.24, 2.45) is 11.7 Å². The fraction of sp³-hybridized carbons (Fsp3) is 0.846. The molecule has 18 heavy (non-hydrogen) atoms. The van der Waals surface area contributed by atoms with Crippen molar-refractivity contribution in [3.8, 4) is 0 Å². The smallest absolute Gasteiger partial charge is 0.240 e. The number of amides is 2. The van der Waals surface area contributed by atoms with E-state index in [0.29, 0.717) is 18.9 Å². The number of nitrogens with one attached hydrogen (secondary N) is 1. The molecule has 0 aliphatic carbocycles. The van der Waals surface area contributed by atoms with E-state index in [4.69, 9.17) is 5.73 Å². The molecule has 2 fully saturated rings. The van der Waals surface area contributed by atoms with Gasteiger partial charge in [-0.1, -0.05) is 6.92 Å². The van der Waals surface area contributed by atoms with Crippen LogP contribution in [0.3, 0.4) is 0 Å². The Kier molecular flexibility index (Phi) is 4.22. The van der Waals surface area contributed by atoms with Crippen molar-refractivity contribution in [1.82, 2.24) is 10.2 Å². The molecule has 102 valence electrons. The average molecular weight is 253 g/mol. The zero-order valence-corrected chi connectivity index (χ0v) is 11.0. The molecular formula is C13H23N3O2. The Bertz CT molecular complexity index is 332. The third-order valence-electron chi connectivity index (χ3n) is 4.08. The summed E-state index contributed by atoms with van der Waals surface area (Å²) in [5.74, 6) is 0.258. The highest BCUT2D eigenvalue weighted by Gasteiger charge is 2.35. The van der Waals surface area contributed by atoms with Crippen molar-refractivity contribution in [1.29, 1.82) is 0 Å². The number of rotatable bonds is 2. The lowest BCUT2D eigenvalue weighted by Crippen LogP contribution is -2.57. The Morgan fingerprint density at radius 1 is 1.28 bits per heavy atom. The van der Waals surface area contributed by atoms with E-state index in [1.807, 2.05) is 0 Å². The lowest BCUT2D eigenvalue weighted by Gasteiger charge is -2.38. The van der Waals surface area contributed by atoms with Crippen molar-refractivity contribution >= 4 is 11.8 Å². The van der Waals surface area contributed by atoms with E-state index >= 15 is 0 Å². The van der Waals surface area contributed by atoms with Gasteiger partial charge in [0.2, 0.25) is 11.8 Å². The van der Waals surface area contributed by atoms with Gasteiger partial charge in [0.15, 0.2) is 0 Å². The monoisotopic (exact) mass is 253 g/mol. The molecule has 3 unspecified atom stereocenters. The predicted molar refractivity (Wildman–Crippen MR) is 68.7 cm³/mol. The van der Waals surface area contributed by atoms with Crippen LogP contribution in [0.15, 0.2) is 0 Å². The number of piperidine rings is 2. The van der Waals surface area contributed by atoms with Gasteiger partial charge >= 0.3 is 0 Å². The van der Waals surface area contributed by atoms with Crippen LogP contribution >= 0.6 is 0 Å². The number of carbonyl (C=O) groups excluding carboxylic acids is 2. The van der Waals surface area contributed by atoms with Crippen LogP contribution in [0, 0.1) is 5.92 Å². The minimum atomic E-state index is -0.398. The third-order valence-corrected chi connectivity index (χ3v) is 4.08. The van der Waals surface area contributed by atoms with Crippen molar-refractivity contribution in [3.05, 3.63) is 0 Å². The number of likely N-dealkylation sites (tertiary alicyclic amines) is 1. The summed E-state index contributed by atoms with van der Waals surface area (Å²) in [4.78, 5) is 25.6. The maximum atomic E-state index is 12.5. The third kappa shape index (κ3) is 2.83. The molecule has 5 heteroatoms. The second kappa shape index (κ2) is 5.69. The molecule has 0 aromatic rings. The molecule has 0 aromatic carbocycles. The van der Waals surface area contributed by atoms with Gasteiger partial charge in [-0.05, 0) is 44.6 Å². The molecule has 0 spiro atoms. The van der Waals surface area contributed by atoms with Gasteiger partial charge in [0.25, 0.3) is 0 Å². The van der Waals surface area contributed by atoms with Crippen LogP contribution in [-0.4, -0.2) is 41.9 Å². The molecule has 2 heterocycles. The lowest BCUT2D eigenvalue weighted by molar-refractivity contribution is -0.143. The van der Waals surface area contributed by atoms with Crippen molar-refractivity contribution in [2.75, 3.05) is 13.1 Å². The highest BCUT2D eigenvalue weighted by atomic mass is 16.2. The Hall–Kier alpha value is -1.10. The van der Waals surface area contributed by atoms with Gasteiger partial charge in [0.1, 0.15) is 6.04 Å². The van der Waals surface area contributed by atoms with Crippen molar-refractivity contribution in [2.45, 2.75) is 51.1 Å². The molecular weight excluding hydrogens is 230 g/mol. The maximum absolute atomic E-state index is 12.5. The minimum Gasteiger partial charge on any atom is -0.368 e. The van der Waals surface area contributed by atoms with E-state index in [1.165, 1.54) is 0 Å². The van der Waals surface area contributed by atoms with Gasteiger partial charge in [-0.2, -0.15) is 0 Å². The second-order valence-electron chi connectivity index (χ2n) is 5.58. The molecule has 0 bridgehead atoms. The van der Waals surface area contributed by atoms with Crippen LogP contribution in [0.25, 0.3) is 0 Å². The molecule has 2 saturated heterocycles. The second-order valence-corrected chi connectivity index (χ2v) is 5.58. The van der Waals surface area contributed by atoms with Gasteiger partial charge in [0.05, 0.1) is 6.04 Å². The molecule has 0 aromatic heterocycles. The number of nitrogens with zero attached hydrogens (tertiary/aromatic N) is 1. The Morgan fingerprint density at radius 3 is 2.72 bits per heavy atom. The number of carbonyl (C=O) groups is 2. The zero-order valence-electron chi connectivity index (χ0n) is 11.0. The minimum absolute atomic E-state index is 0.0602. The van der Waals surface area contributed by atoms with Crippen LogP contribution in [0.5, 0.6) is 0 Å². The van der Waals surface area contributed by atoms with E-state index in [-0.39, 0.29) is 17.9 Å². The van der Waals surface area contributed by atoms with Gasteiger partial charge < -0.3 is 16.0 Å². The Morgan fingerprint density at radius 2 is 2.06 bits per heavy atom. The maximum Gasteiger partial charge on any atom is 0.240 e. The SMILES string of the molecule is CC1CCNC(C(=O)N2CCCCC2C(N)=O)C1. The zero-order chi connectivity index (χ0) is 13.1. The molecule has 2 aliphatic heterocycles. The van der Waals surface area contributed by atoms with Gasteiger partial charge in [-0.15, -0.1) is 0 Å². The van der Waals surface area contributed by atoms with Gasteiger partial charge in [-0.25, -0.2) is 0 Å². The summed E-state index contributed by atoms with van der Waals surface area (Å²) in [7, 11) is 0. The summed E-state index contributed by atoms with van der Waals surface area (Å²) >= 11 is 0. The largest absolute Gasteiger partial charge is 0.368 e. The van der Waals surface area contributed by atoms with E-state index in [0.717, 1.165) is 32.2 Å². The number of nitrogens with two attached hydrogens (primary N) is 1. The highest BCUT2D eigenvalue weighted by Crippen LogP contribution is 2.22. The Labute approximate surface area is 108 Å². The molecule has 0 saturated carbocycles. The standard InChI is InChI=1S/C13H23N3O2/c1-9-5-6-15-10(8-9)13(18)16-7-3-2-4-11(16)12(14)17/h9-11,15H,2-8H2,1H3,(H2,14,17). The van der Waals surface area contributed by atoms with E-state index in [2.05, 4.69) is 12.2 Å². The molecule has 2 amide bonds. The summed E-state index contributed by atoms with van der Waals surface area (Å²) in [6.07, 6.45) is 4.64. The van der Waals surface area contributed by atoms with Crippen LogP contribution in [0.2, 0.25) is 0 Å². The summed E-state index contributed by atoms with van der Waals surface area (Å²) < 4.78 is 0. The first-order chi connectivity index (χ1) is 8.59.